The second kappa shape index (κ2) is 8.30. The number of aryl methyl sites for hydroxylation is 1. The lowest BCUT2D eigenvalue weighted by Gasteiger charge is -2.11. The van der Waals surface area contributed by atoms with E-state index in [0.29, 0.717) is 17.1 Å². The van der Waals surface area contributed by atoms with Gasteiger partial charge in [-0.25, -0.2) is 14.4 Å². The summed E-state index contributed by atoms with van der Waals surface area (Å²) in [6.07, 6.45) is 5.84. The summed E-state index contributed by atoms with van der Waals surface area (Å²) in [6, 6.07) is 7.90. The number of hydrogen-bond acceptors (Lipinski definition) is 6. The molecular weight excluding hydrogens is 380 g/mol. The molecule has 29 heavy (non-hydrogen) atoms. The molecule has 0 aliphatic carbocycles. The van der Waals surface area contributed by atoms with E-state index in [2.05, 4.69) is 0 Å². The van der Waals surface area contributed by atoms with Gasteiger partial charge in [0.1, 0.15) is 11.3 Å². The quantitative estimate of drug-likeness (QED) is 0.330. The molecule has 3 rings (SSSR count). The van der Waals surface area contributed by atoms with Crippen molar-refractivity contribution in [2.24, 2.45) is 0 Å². The summed E-state index contributed by atoms with van der Waals surface area (Å²) in [6.45, 7) is 1.69. The number of benzene rings is 2. The first-order valence-electron chi connectivity index (χ1n) is 8.43. The molecule has 0 amide bonds. The molecule has 8 heteroatoms. The van der Waals surface area contributed by atoms with E-state index in [9.17, 15) is 19.5 Å². The second-order valence-electron chi connectivity index (χ2n) is 6.00. The molecule has 0 saturated heterocycles. The van der Waals surface area contributed by atoms with Gasteiger partial charge < -0.3 is 24.4 Å². The number of fused-ring (bicyclic) bond motifs is 1. The zero-order chi connectivity index (χ0) is 21.0. The monoisotopic (exact) mass is 396 g/mol. The van der Waals surface area contributed by atoms with Gasteiger partial charge in [-0.3, -0.25) is 0 Å². The number of carboxylic acid groups (broad SMARTS) is 2. The Hall–Kier alpha value is -4.07. The summed E-state index contributed by atoms with van der Waals surface area (Å²) in [4.78, 5) is 34.8. The third-order valence-electron chi connectivity index (χ3n) is 4.03. The Bertz CT molecular complexity index is 1050. The van der Waals surface area contributed by atoms with E-state index in [4.69, 9.17) is 19.3 Å². The lowest BCUT2D eigenvalue weighted by atomic mass is 10.0. The molecule has 2 aromatic carbocycles. The largest absolute Gasteiger partial charge is 0.478 e. The van der Waals surface area contributed by atoms with Gasteiger partial charge in [-0.15, -0.1) is 0 Å². The molecule has 1 heterocycles. The Morgan fingerprint density at radius 2 is 1.76 bits per heavy atom. The maximum absolute atomic E-state index is 12.1. The fraction of sp³-hybridized carbons (Fsp3) is 0.0952. The molecule has 1 aliphatic rings. The Labute approximate surface area is 165 Å². The van der Waals surface area contributed by atoms with Crippen LogP contribution in [-0.2, 0) is 4.79 Å². The van der Waals surface area contributed by atoms with Crippen molar-refractivity contribution in [1.82, 2.24) is 0 Å². The molecular formula is C21H16O8. The summed E-state index contributed by atoms with van der Waals surface area (Å²) >= 11 is 0. The van der Waals surface area contributed by atoms with Crippen LogP contribution in [0.2, 0.25) is 0 Å². The van der Waals surface area contributed by atoms with E-state index >= 15 is 0 Å². The highest BCUT2D eigenvalue weighted by Gasteiger charge is 2.24. The smallest absolute Gasteiger partial charge is 0.340 e. The summed E-state index contributed by atoms with van der Waals surface area (Å²) in [5.41, 5.74) is 0.114. The highest BCUT2D eigenvalue weighted by molar-refractivity contribution is 6.04. The van der Waals surface area contributed by atoms with Crippen LogP contribution < -0.4 is 14.2 Å². The van der Waals surface area contributed by atoms with E-state index in [1.807, 2.05) is 6.07 Å². The van der Waals surface area contributed by atoms with Crippen LogP contribution in [0.5, 0.6) is 17.2 Å². The van der Waals surface area contributed by atoms with Crippen molar-refractivity contribution in [3.63, 3.8) is 0 Å². The minimum atomic E-state index is -1.50. The number of carbonyl (C=O) groups is 3. The van der Waals surface area contributed by atoms with Gasteiger partial charge in [0.05, 0.1) is 5.56 Å². The molecule has 8 nitrogen and oxygen atoms in total. The fourth-order valence-corrected chi connectivity index (χ4v) is 2.66. The van der Waals surface area contributed by atoms with Crippen LogP contribution in [0.1, 0.15) is 31.8 Å². The van der Waals surface area contributed by atoms with Gasteiger partial charge in [-0.2, -0.15) is 0 Å². The summed E-state index contributed by atoms with van der Waals surface area (Å²) in [7, 11) is 0. The Morgan fingerprint density at radius 3 is 2.48 bits per heavy atom. The maximum atomic E-state index is 12.1. The molecule has 0 fully saturated rings. The van der Waals surface area contributed by atoms with Crippen LogP contribution in [0, 0.1) is 6.92 Å². The lowest BCUT2D eigenvalue weighted by Crippen LogP contribution is -2.14. The predicted octanol–water partition coefficient (Wildman–Crippen LogP) is 3.30. The number of carboxylic acids is 2. The van der Waals surface area contributed by atoms with E-state index in [1.165, 1.54) is 19.1 Å². The van der Waals surface area contributed by atoms with Crippen molar-refractivity contribution in [2.45, 2.75) is 6.92 Å². The highest BCUT2D eigenvalue weighted by atomic mass is 16.7. The molecule has 0 saturated carbocycles. The molecule has 1 aliphatic heterocycles. The zero-order valence-electron chi connectivity index (χ0n) is 15.2. The van der Waals surface area contributed by atoms with Crippen molar-refractivity contribution in [3.05, 3.63) is 70.8 Å². The van der Waals surface area contributed by atoms with Gasteiger partial charge >= 0.3 is 17.9 Å². The van der Waals surface area contributed by atoms with Crippen LogP contribution in [0.4, 0.5) is 0 Å². The summed E-state index contributed by atoms with van der Waals surface area (Å²) < 4.78 is 15.6. The average molecular weight is 396 g/mol. The third-order valence-corrected chi connectivity index (χ3v) is 4.03. The molecule has 0 atom stereocenters. The van der Waals surface area contributed by atoms with Crippen molar-refractivity contribution < 1.29 is 38.8 Å². The van der Waals surface area contributed by atoms with Gasteiger partial charge in [0.15, 0.2) is 11.5 Å². The summed E-state index contributed by atoms with van der Waals surface area (Å²) in [5, 5.41) is 18.5. The maximum Gasteiger partial charge on any atom is 0.340 e. The molecule has 0 bridgehead atoms. The first-order chi connectivity index (χ1) is 13.9. The third kappa shape index (κ3) is 4.44. The zero-order valence-corrected chi connectivity index (χ0v) is 15.2. The van der Waals surface area contributed by atoms with Crippen molar-refractivity contribution in [2.75, 3.05) is 6.79 Å². The van der Waals surface area contributed by atoms with Gasteiger partial charge in [-0.1, -0.05) is 30.4 Å². The molecule has 0 spiro atoms. The lowest BCUT2D eigenvalue weighted by molar-refractivity contribution is -0.129. The van der Waals surface area contributed by atoms with Crippen LogP contribution in [0.25, 0.3) is 6.08 Å². The van der Waals surface area contributed by atoms with Crippen LogP contribution in [0.15, 0.2) is 48.6 Å². The number of esters is 1. The van der Waals surface area contributed by atoms with E-state index in [1.54, 1.807) is 24.3 Å². The average Bonchev–Trinajstić information content (AvgIpc) is 3.14. The van der Waals surface area contributed by atoms with Crippen molar-refractivity contribution in [3.8, 4) is 17.2 Å². The van der Waals surface area contributed by atoms with Crippen LogP contribution in [0.3, 0.4) is 0 Å². The Balaban J connectivity index is 1.73. The van der Waals surface area contributed by atoms with Crippen molar-refractivity contribution in [1.29, 1.82) is 0 Å². The van der Waals surface area contributed by atoms with E-state index in [-0.39, 0.29) is 12.5 Å². The van der Waals surface area contributed by atoms with Crippen LogP contribution >= 0.6 is 0 Å². The fourth-order valence-electron chi connectivity index (χ4n) is 2.66. The topological polar surface area (TPSA) is 119 Å². The van der Waals surface area contributed by atoms with Crippen molar-refractivity contribution >= 4 is 24.0 Å². The first kappa shape index (κ1) is 19.7. The minimum Gasteiger partial charge on any atom is -0.478 e. The first-order valence-corrected chi connectivity index (χ1v) is 8.43. The molecule has 2 N–H and O–H groups in total. The number of hydrogen-bond donors (Lipinski definition) is 2. The van der Waals surface area contributed by atoms with Gasteiger partial charge in [0.25, 0.3) is 0 Å². The number of ether oxygens (including phenoxy) is 3. The van der Waals surface area contributed by atoms with Gasteiger partial charge in [0.2, 0.25) is 6.79 Å². The van der Waals surface area contributed by atoms with Crippen LogP contribution in [-0.4, -0.2) is 34.9 Å². The number of rotatable bonds is 6. The Morgan fingerprint density at radius 1 is 1.00 bits per heavy atom. The van der Waals surface area contributed by atoms with E-state index < -0.39 is 29.0 Å². The standard InChI is InChI=1S/C21H16O8/c1-12-6-8-14(20(23)24)18(21(25)26)19(12)29-17(22)5-3-2-4-13-7-9-15-16(10-13)28-11-27-15/h2-10H,11H2,1H3,(H,23,24)(H,25,26). The van der Waals surface area contributed by atoms with Gasteiger partial charge in [0, 0.05) is 6.08 Å². The Kier molecular flexibility index (Phi) is 5.64. The SMILES string of the molecule is Cc1ccc(C(=O)O)c(C(=O)O)c1OC(=O)C=CC=Cc1ccc2c(c1)OCO2. The number of carbonyl (C=O) groups excluding carboxylic acids is 1. The van der Waals surface area contributed by atoms with Gasteiger partial charge in [-0.05, 0) is 36.2 Å². The normalized spacial score (nSPS) is 12.4. The predicted molar refractivity (Wildman–Crippen MR) is 101 cm³/mol. The molecule has 2 aromatic rings. The second-order valence-corrected chi connectivity index (χ2v) is 6.00. The minimum absolute atomic E-state index is 0.176. The molecule has 148 valence electrons. The van der Waals surface area contributed by atoms with E-state index in [0.717, 1.165) is 17.7 Å². The number of aromatic carboxylic acids is 2. The summed E-state index contributed by atoms with van der Waals surface area (Å²) in [5.74, 6) is -2.78. The molecule has 0 unspecified atom stereocenters. The highest BCUT2D eigenvalue weighted by Crippen LogP contribution is 2.32. The molecule has 0 radical (unpaired) electrons. The number of allylic oxidation sites excluding steroid dienone is 2. The molecule has 0 aromatic heterocycles.